The van der Waals surface area contributed by atoms with E-state index in [0.29, 0.717) is 0 Å². The number of nitrogen functional groups attached to an aromatic ring is 1. The van der Waals surface area contributed by atoms with Crippen LogP contribution in [0.2, 0.25) is 0 Å². The van der Waals surface area contributed by atoms with Gasteiger partial charge in [-0.15, -0.1) is 11.8 Å². The van der Waals surface area contributed by atoms with Crippen LogP contribution in [0.25, 0.3) is 0 Å². The second-order valence-corrected chi connectivity index (χ2v) is 5.07. The van der Waals surface area contributed by atoms with Gasteiger partial charge in [0.1, 0.15) is 23.3 Å². The molecule has 0 heterocycles. The molecule has 0 saturated heterocycles. The molecule has 2 aromatic rings. The maximum absolute atomic E-state index is 14.0. The fourth-order valence-electron chi connectivity index (χ4n) is 1.64. The molecule has 2 aromatic carbocycles. The van der Waals surface area contributed by atoms with Crippen molar-refractivity contribution < 1.29 is 13.2 Å². The number of nitrogens with two attached hydrogens (primary N) is 1. The molecular weight excluding hydrogens is 285 g/mol. The van der Waals surface area contributed by atoms with Crippen molar-refractivity contribution >= 4 is 17.6 Å². The molecule has 0 aliphatic heterocycles. The highest BCUT2D eigenvalue weighted by Gasteiger charge is 2.11. The van der Waals surface area contributed by atoms with Gasteiger partial charge < -0.3 is 5.73 Å². The first kappa shape index (κ1) is 14.5. The summed E-state index contributed by atoms with van der Waals surface area (Å²) >= 11 is 0.983. The smallest absolute Gasteiger partial charge is 0.138 e. The Morgan fingerprint density at radius 3 is 2.60 bits per heavy atom. The third kappa shape index (κ3) is 3.14. The number of rotatable bonds is 4. The molecule has 3 N–H and O–H groups in total. The average Bonchev–Trinajstić information content (AvgIpc) is 2.41. The predicted molar refractivity (Wildman–Crippen MR) is 73.3 cm³/mol. The van der Waals surface area contributed by atoms with E-state index in [-0.39, 0.29) is 27.6 Å². The molecule has 0 amide bonds. The minimum Gasteiger partial charge on any atom is -0.384 e. The minimum atomic E-state index is -0.607. The van der Waals surface area contributed by atoms with Crippen molar-refractivity contribution in [1.29, 1.82) is 5.41 Å². The number of halogens is 3. The molecule has 0 spiro atoms. The molecule has 6 heteroatoms. The first-order valence-corrected chi connectivity index (χ1v) is 6.67. The van der Waals surface area contributed by atoms with E-state index in [0.717, 1.165) is 30.0 Å². The van der Waals surface area contributed by atoms with Crippen molar-refractivity contribution in [3.8, 4) is 0 Å². The van der Waals surface area contributed by atoms with E-state index in [1.165, 1.54) is 12.1 Å². The van der Waals surface area contributed by atoms with Gasteiger partial charge in [-0.1, -0.05) is 12.1 Å². The highest BCUT2D eigenvalue weighted by Crippen LogP contribution is 2.27. The molecule has 20 heavy (non-hydrogen) atoms. The highest BCUT2D eigenvalue weighted by molar-refractivity contribution is 7.98. The van der Waals surface area contributed by atoms with Crippen LogP contribution in [0.4, 0.5) is 13.2 Å². The Bertz CT molecular complexity index is 659. The molecule has 0 aromatic heterocycles. The first-order chi connectivity index (χ1) is 9.49. The van der Waals surface area contributed by atoms with Gasteiger partial charge in [-0.2, -0.15) is 0 Å². The fourth-order valence-corrected chi connectivity index (χ4v) is 2.58. The Labute approximate surface area is 118 Å². The summed E-state index contributed by atoms with van der Waals surface area (Å²) < 4.78 is 40.5. The van der Waals surface area contributed by atoms with Crippen molar-refractivity contribution in [1.82, 2.24) is 0 Å². The Kier molecular flexibility index (Phi) is 4.34. The average molecular weight is 296 g/mol. The second-order valence-electron chi connectivity index (χ2n) is 4.06. The molecule has 0 aliphatic carbocycles. The van der Waals surface area contributed by atoms with E-state index in [1.54, 1.807) is 6.07 Å². The molecule has 104 valence electrons. The molecule has 0 bridgehead atoms. The predicted octanol–water partition coefficient (Wildman–Crippen LogP) is 3.68. The third-order valence-corrected chi connectivity index (χ3v) is 3.72. The molecule has 0 atom stereocenters. The monoisotopic (exact) mass is 296 g/mol. The molecule has 0 saturated carbocycles. The lowest BCUT2D eigenvalue weighted by molar-refractivity contribution is 0.577. The van der Waals surface area contributed by atoms with E-state index in [2.05, 4.69) is 0 Å². The second kappa shape index (κ2) is 6.00. The van der Waals surface area contributed by atoms with E-state index in [1.807, 2.05) is 0 Å². The summed E-state index contributed by atoms with van der Waals surface area (Å²) in [5.41, 5.74) is 5.55. The van der Waals surface area contributed by atoms with Gasteiger partial charge in [0.25, 0.3) is 0 Å². The minimum absolute atomic E-state index is 0.00261. The van der Waals surface area contributed by atoms with Gasteiger partial charge in [-0.05, 0) is 29.8 Å². The Morgan fingerprint density at radius 2 is 1.90 bits per heavy atom. The zero-order valence-corrected chi connectivity index (χ0v) is 11.1. The zero-order chi connectivity index (χ0) is 14.7. The fraction of sp³-hybridized carbons (Fsp3) is 0.0714. The maximum atomic E-state index is 14.0. The van der Waals surface area contributed by atoms with Crippen LogP contribution < -0.4 is 5.73 Å². The van der Waals surface area contributed by atoms with Gasteiger partial charge in [0.05, 0.1) is 5.56 Å². The van der Waals surface area contributed by atoms with Crippen molar-refractivity contribution in [3.63, 3.8) is 0 Å². The molecule has 0 radical (unpaired) electrons. The molecule has 2 rings (SSSR count). The van der Waals surface area contributed by atoms with E-state index < -0.39 is 17.5 Å². The number of amidine groups is 1. The summed E-state index contributed by atoms with van der Waals surface area (Å²) in [6.45, 7) is 0. The van der Waals surface area contributed by atoms with Crippen LogP contribution in [0.5, 0.6) is 0 Å². The number of nitrogens with one attached hydrogen (secondary N) is 1. The number of benzene rings is 2. The zero-order valence-electron chi connectivity index (χ0n) is 10.3. The van der Waals surface area contributed by atoms with Gasteiger partial charge >= 0.3 is 0 Å². The lowest BCUT2D eigenvalue weighted by Gasteiger charge is -2.08. The molecule has 0 unspecified atom stereocenters. The Morgan fingerprint density at radius 1 is 1.15 bits per heavy atom. The third-order valence-electron chi connectivity index (χ3n) is 2.65. The Hall–Kier alpha value is -1.95. The van der Waals surface area contributed by atoms with Crippen LogP contribution in [0.3, 0.4) is 0 Å². The molecule has 0 fully saturated rings. The van der Waals surface area contributed by atoms with Crippen LogP contribution in [0.1, 0.15) is 11.1 Å². The van der Waals surface area contributed by atoms with E-state index >= 15 is 0 Å². The lowest BCUT2D eigenvalue weighted by atomic mass is 10.1. The summed E-state index contributed by atoms with van der Waals surface area (Å²) in [5.74, 6) is -1.96. The van der Waals surface area contributed by atoms with Gasteiger partial charge in [-0.3, -0.25) is 5.41 Å². The van der Waals surface area contributed by atoms with Crippen LogP contribution in [-0.4, -0.2) is 5.84 Å². The first-order valence-electron chi connectivity index (χ1n) is 5.68. The normalized spacial score (nSPS) is 10.6. The largest absolute Gasteiger partial charge is 0.384 e. The molecule has 0 aliphatic rings. The number of hydrogen-bond donors (Lipinski definition) is 2. The molecule has 2 nitrogen and oxygen atoms in total. The van der Waals surface area contributed by atoms with Crippen LogP contribution >= 0.6 is 11.8 Å². The highest BCUT2D eigenvalue weighted by atomic mass is 32.2. The topological polar surface area (TPSA) is 49.9 Å². The number of hydrogen-bond acceptors (Lipinski definition) is 2. The van der Waals surface area contributed by atoms with Crippen LogP contribution in [0.15, 0.2) is 41.3 Å². The van der Waals surface area contributed by atoms with Crippen molar-refractivity contribution in [2.75, 3.05) is 0 Å². The van der Waals surface area contributed by atoms with Gasteiger partial charge in [-0.25, -0.2) is 13.2 Å². The summed E-state index contributed by atoms with van der Waals surface area (Å²) in [4.78, 5) is 0.109. The van der Waals surface area contributed by atoms with Crippen molar-refractivity contribution in [3.05, 3.63) is 65.0 Å². The van der Waals surface area contributed by atoms with Crippen LogP contribution in [-0.2, 0) is 5.75 Å². The summed E-state index contributed by atoms with van der Waals surface area (Å²) in [6, 6.07) is 7.60. The standard InChI is InChI=1S/C14H11F3N2S/c15-9-4-5-11(16)12(6-9)20-7-8-2-1-3-10(13(8)17)14(18)19/h1-6H,7H2,(H3,18,19). The summed E-state index contributed by atoms with van der Waals surface area (Å²) in [5, 5.41) is 7.25. The molecular formula is C14H11F3N2S. The van der Waals surface area contributed by atoms with E-state index in [9.17, 15) is 13.2 Å². The van der Waals surface area contributed by atoms with E-state index in [4.69, 9.17) is 11.1 Å². The summed E-state index contributed by atoms with van der Waals surface area (Å²) in [7, 11) is 0. The SMILES string of the molecule is N=C(N)c1cccc(CSc2cc(F)ccc2F)c1F. The summed E-state index contributed by atoms with van der Waals surface area (Å²) in [6.07, 6.45) is 0. The van der Waals surface area contributed by atoms with Crippen LogP contribution in [0, 0.1) is 22.9 Å². The van der Waals surface area contributed by atoms with Gasteiger partial charge in [0, 0.05) is 10.6 Å². The maximum Gasteiger partial charge on any atom is 0.138 e. The van der Waals surface area contributed by atoms with Gasteiger partial charge in [0.15, 0.2) is 0 Å². The van der Waals surface area contributed by atoms with Crippen molar-refractivity contribution in [2.45, 2.75) is 10.6 Å². The lowest BCUT2D eigenvalue weighted by Crippen LogP contribution is -2.14. The van der Waals surface area contributed by atoms with Gasteiger partial charge in [0.2, 0.25) is 0 Å². The quantitative estimate of drug-likeness (QED) is 0.513. The van der Waals surface area contributed by atoms with Crippen molar-refractivity contribution in [2.24, 2.45) is 5.73 Å². The number of thioether (sulfide) groups is 1. The Balaban J connectivity index is 2.21.